The number of hydrogen-bond donors (Lipinski definition) is 2. The average molecular weight is 484 g/mol. The summed E-state index contributed by atoms with van der Waals surface area (Å²) in [7, 11) is 0. The largest absolute Gasteiger partial charge is 0.480 e. The number of carbonyl (C=O) groups is 2. The van der Waals surface area contributed by atoms with Gasteiger partial charge in [0.2, 0.25) is 0 Å². The predicted molar refractivity (Wildman–Crippen MR) is 136 cm³/mol. The Morgan fingerprint density at radius 2 is 1.85 bits per heavy atom. The normalized spacial score (nSPS) is 11.8. The van der Waals surface area contributed by atoms with Crippen LogP contribution in [0.1, 0.15) is 37.7 Å². The molecule has 1 unspecified atom stereocenters. The number of ether oxygens (including phenoxy) is 1. The van der Waals surface area contributed by atoms with E-state index in [-0.39, 0.29) is 5.91 Å². The van der Waals surface area contributed by atoms with Gasteiger partial charge in [-0.1, -0.05) is 30.3 Å². The third kappa shape index (κ3) is 6.93. The van der Waals surface area contributed by atoms with Crippen LogP contribution in [-0.4, -0.2) is 35.0 Å². The molecule has 3 aromatic rings. The molecule has 0 bridgehead atoms. The Balaban J connectivity index is 1.85. The number of carbonyl (C=O) groups excluding carboxylic acids is 1. The summed E-state index contributed by atoms with van der Waals surface area (Å²) in [6.45, 7) is 5.03. The highest BCUT2D eigenvalue weighted by atomic mass is 32.2. The lowest BCUT2D eigenvalue weighted by atomic mass is 9.93. The van der Waals surface area contributed by atoms with Gasteiger partial charge in [-0.3, -0.25) is 4.79 Å². The van der Waals surface area contributed by atoms with Crippen LogP contribution in [0.25, 0.3) is 11.1 Å². The molecular formula is C26H29NO4S2. The summed E-state index contributed by atoms with van der Waals surface area (Å²) in [6.07, 6.45) is 2.29. The lowest BCUT2D eigenvalue weighted by Crippen LogP contribution is -2.41. The minimum absolute atomic E-state index is 0.371. The number of carboxylic acids is 1. The minimum Gasteiger partial charge on any atom is -0.480 e. The van der Waals surface area contributed by atoms with Crippen LogP contribution in [0.4, 0.5) is 0 Å². The van der Waals surface area contributed by atoms with Crippen molar-refractivity contribution in [3.63, 3.8) is 0 Å². The first-order valence-corrected chi connectivity index (χ1v) is 12.9. The molecule has 7 heteroatoms. The summed E-state index contributed by atoms with van der Waals surface area (Å²) in [5.74, 6) is -0.756. The van der Waals surface area contributed by atoms with Gasteiger partial charge in [0.1, 0.15) is 6.04 Å². The maximum absolute atomic E-state index is 13.1. The third-order valence-electron chi connectivity index (χ3n) is 5.29. The van der Waals surface area contributed by atoms with E-state index < -0.39 is 12.0 Å². The second kappa shape index (κ2) is 12.0. The molecule has 0 aliphatic heterocycles. The van der Waals surface area contributed by atoms with Gasteiger partial charge in [-0.25, -0.2) is 4.79 Å². The number of thioether (sulfide) groups is 1. The molecule has 0 saturated heterocycles. The first-order chi connectivity index (χ1) is 15.9. The zero-order chi connectivity index (χ0) is 23.8. The van der Waals surface area contributed by atoms with Gasteiger partial charge in [0, 0.05) is 15.3 Å². The highest BCUT2D eigenvalue weighted by molar-refractivity contribution is 7.98. The van der Waals surface area contributed by atoms with Crippen LogP contribution < -0.4 is 5.32 Å². The van der Waals surface area contributed by atoms with Gasteiger partial charge in [-0.15, -0.1) is 11.3 Å². The maximum atomic E-state index is 13.1. The molecule has 33 heavy (non-hydrogen) atoms. The van der Waals surface area contributed by atoms with E-state index >= 15 is 0 Å². The Bertz CT molecular complexity index is 1110. The average Bonchev–Trinajstić information content (AvgIpc) is 3.21. The van der Waals surface area contributed by atoms with Crippen molar-refractivity contribution < 1.29 is 19.4 Å². The Labute approximate surface area is 203 Å². The van der Waals surface area contributed by atoms with Crippen LogP contribution in [0.5, 0.6) is 0 Å². The number of hydrogen-bond acceptors (Lipinski definition) is 5. The van der Waals surface area contributed by atoms with E-state index in [1.807, 2.05) is 49.6 Å². The molecule has 1 amide bonds. The van der Waals surface area contributed by atoms with E-state index in [1.54, 1.807) is 29.2 Å². The molecule has 1 aromatic heterocycles. The van der Waals surface area contributed by atoms with Gasteiger partial charge in [0.15, 0.2) is 0 Å². The fourth-order valence-corrected chi connectivity index (χ4v) is 4.84. The third-order valence-corrected chi connectivity index (χ3v) is 6.91. The van der Waals surface area contributed by atoms with Crippen LogP contribution in [0, 0.1) is 13.8 Å². The zero-order valence-corrected chi connectivity index (χ0v) is 20.7. The SMILES string of the molecule is CSCCC(NC(=O)c1ccc(COCc2ccc(C)s2)cc1-c1ccccc1C)C(=O)O. The quantitative estimate of drug-likeness (QED) is 0.367. The number of amides is 1. The van der Waals surface area contributed by atoms with Gasteiger partial charge in [-0.05, 0) is 78.8 Å². The van der Waals surface area contributed by atoms with E-state index in [1.165, 1.54) is 9.75 Å². The fraction of sp³-hybridized carbons (Fsp3) is 0.308. The Kier molecular flexibility index (Phi) is 9.11. The summed E-state index contributed by atoms with van der Waals surface area (Å²) in [4.78, 5) is 27.2. The molecule has 2 aromatic carbocycles. The number of aliphatic carboxylic acids is 1. The van der Waals surface area contributed by atoms with Crippen LogP contribution in [-0.2, 0) is 22.7 Å². The number of aryl methyl sites for hydroxylation is 2. The van der Waals surface area contributed by atoms with Crippen LogP contribution in [0.2, 0.25) is 0 Å². The summed E-state index contributed by atoms with van der Waals surface area (Å²) in [6, 6.07) is 16.7. The van der Waals surface area contributed by atoms with Gasteiger partial charge in [0.25, 0.3) is 5.91 Å². The molecule has 0 aliphatic rings. The molecule has 5 nitrogen and oxygen atoms in total. The molecule has 1 atom stereocenters. The van der Waals surface area contributed by atoms with Crippen LogP contribution in [0.15, 0.2) is 54.6 Å². The topological polar surface area (TPSA) is 75.6 Å². The summed E-state index contributed by atoms with van der Waals surface area (Å²) >= 11 is 3.27. The summed E-state index contributed by atoms with van der Waals surface area (Å²) in [5, 5.41) is 12.2. The van der Waals surface area contributed by atoms with Crippen molar-refractivity contribution in [2.45, 2.75) is 39.5 Å². The summed E-state index contributed by atoms with van der Waals surface area (Å²) < 4.78 is 5.91. The Morgan fingerprint density at radius 3 is 2.52 bits per heavy atom. The molecule has 1 heterocycles. The van der Waals surface area contributed by atoms with E-state index in [9.17, 15) is 14.7 Å². The van der Waals surface area contributed by atoms with Gasteiger partial charge in [-0.2, -0.15) is 11.8 Å². The molecule has 2 N–H and O–H groups in total. The van der Waals surface area contributed by atoms with Crippen molar-refractivity contribution in [2.75, 3.05) is 12.0 Å². The van der Waals surface area contributed by atoms with Crippen molar-refractivity contribution in [3.05, 3.63) is 81.0 Å². The van der Waals surface area contributed by atoms with Crippen molar-refractivity contribution in [2.24, 2.45) is 0 Å². The number of benzene rings is 2. The van der Waals surface area contributed by atoms with Crippen LogP contribution >= 0.6 is 23.1 Å². The maximum Gasteiger partial charge on any atom is 0.326 e. The number of carboxylic acid groups (broad SMARTS) is 1. The van der Waals surface area contributed by atoms with Crippen LogP contribution in [0.3, 0.4) is 0 Å². The molecule has 0 radical (unpaired) electrons. The van der Waals surface area contributed by atoms with Gasteiger partial charge >= 0.3 is 5.97 Å². The second-order valence-electron chi connectivity index (χ2n) is 7.85. The van der Waals surface area contributed by atoms with Crippen molar-refractivity contribution >= 4 is 35.0 Å². The van der Waals surface area contributed by atoms with E-state index in [2.05, 4.69) is 24.4 Å². The lowest BCUT2D eigenvalue weighted by Gasteiger charge is -2.17. The first-order valence-electron chi connectivity index (χ1n) is 10.7. The number of rotatable bonds is 11. The Morgan fingerprint density at radius 1 is 1.06 bits per heavy atom. The van der Waals surface area contributed by atoms with Crippen molar-refractivity contribution in [1.29, 1.82) is 0 Å². The molecule has 0 spiro atoms. The summed E-state index contributed by atoms with van der Waals surface area (Å²) in [5.41, 5.74) is 4.16. The fourth-order valence-electron chi connectivity index (χ4n) is 3.54. The molecule has 3 rings (SSSR count). The van der Waals surface area contributed by atoms with E-state index in [0.29, 0.717) is 31.0 Å². The predicted octanol–water partition coefficient (Wildman–Crippen LogP) is 5.68. The minimum atomic E-state index is -1.02. The highest BCUT2D eigenvalue weighted by Gasteiger charge is 2.22. The smallest absolute Gasteiger partial charge is 0.326 e. The molecular weight excluding hydrogens is 454 g/mol. The molecule has 0 aliphatic carbocycles. The number of thiophene rings is 1. The van der Waals surface area contributed by atoms with Gasteiger partial charge < -0.3 is 15.2 Å². The van der Waals surface area contributed by atoms with Crippen molar-refractivity contribution in [3.8, 4) is 11.1 Å². The van der Waals surface area contributed by atoms with E-state index in [0.717, 1.165) is 22.3 Å². The Hall–Kier alpha value is -2.61. The van der Waals surface area contributed by atoms with Gasteiger partial charge in [0.05, 0.1) is 13.2 Å². The van der Waals surface area contributed by atoms with E-state index in [4.69, 9.17) is 4.74 Å². The molecule has 0 saturated carbocycles. The molecule has 174 valence electrons. The first kappa shape index (κ1) is 25.0. The number of nitrogens with one attached hydrogen (secondary N) is 1. The highest BCUT2D eigenvalue weighted by Crippen LogP contribution is 2.29. The lowest BCUT2D eigenvalue weighted by molar-refractivity contribution is -0.139. The second-order valence-corrected chi connectivity index (χ2v) is 10.2. The molecule has 0 fully saturated rings. The zero-order valence-electron chi connectivity index (χ0n) is 19.1. The standard InChI is InChI=1S/C26H29NO4S2/c1-17-6-4-5-7-21(17)23-14-19(15-31-16-20-10-8-18(2)33-20)9-11-22(23)25(28)27-24(26(29)30)12-13-32-3/h4-11,14,24H,12-13,15-16H2,1-3H3,(H,27,28)(H,29,30). The monoisotopic (exact) mass is 483 g/mol. The van der Waals surface area contributed by atoms with Crippen molar-refractivity contribution in [1.82, 2.24) is 5.32 Å².